The minimum absolute atomic E-state index is 0.636. The Morgan fingerprint density at radius 1 is 0.643 bits per heavy atom. The second-order valence-electron chi connectivity index (χ2n) is 5.07. The molecule has 2 aliphatic rings. The molecule has 2 heteroatoms. The standard InChI is InChI=1S/C12H23OP/c13-14(11-7-3-1-4-8-11)12-9-5-2-6-10-12/h11-12,14H,1-10H2. The smallest absolute Gasteiger partial charge is 0.0820 e. The van der Waals surface area contributed by atoms with Crippen LogP contribution in [0.1, 0.15) is 64.2 Å². The largest absolute Gasteiger partial charge is 0.326 e. The predicted molar refractivity (Wildman–Crippen MR) is 62.7 cm³/mol. The van der Waals surface area contributed by atoms with E-state index in [0.29, 0.717) is 11.3 Å². The third-order valence-corrected chi connectivity index (χ3v) is 6.78. The van der Waals surface area contributed by atoms with Crippen LogP contribution in [-0.2, 0) is 4.57 Å². The molecule has 0 saturated heterocycles. The Bertz CT molecular complexity index is 170. The summed E-state index contributed by atoms with van der Waals surface area (Å²) in [4.78, 5) is 0. The molecule has 0 unspecified atom stereocenters. The lowest BCUT2D eigenvalue weighted by atomic mass is 10.00. The Morgan fingerprint density at radius 2 is 1.00 bits per heavy atom. The van der Waals surface area contributed by atoms with E-state index < -0.39 is 7.80 Å². The molecule has 14 heavy (non-hydrogen) atoms. The molecule has 0 aromatic rings. The summed E-state index contributed by atoms with van der Waals surface area (Å²) in [5, 5.41) is 0. The van der Waals surface area contributed by atoms with Crippen molar-refractivity contribution in [2.75, 3.05) is 0 Å². The van der Waals surface area contributed by atoms with E-state index in [1.54, 1.807) is 0 Å². The second kappa shape index (κ2) is 5.35. The molecule has 0 bridgehead atoms. The lowest BCUT2D eigenvalue weighted by molar-refractivity contribution is 0.459. The maximum atomic E-state index is 12.3. The molecule has 0 atom stereocenters. The lowest BCUT2D eigenvalue weighted by Gasteiger charge is -2.28. The minimum Gasteiger partial charge on any atom is -0.326 e. The first kappa shape index (κ1) is 10.7. The molecule has 2 saturated carbocycles. The number of hydrogen-bond donors (Lipinski definition) is 0. The highest BCUT2D eigenvalue weighted by Crippen LogP contribution is 2.46. The van der Waals surface area contributed by atoms with Crippen molar-refractivity contribution in [2.24, 2.45) is 0 Å². The van der Waals surface area contributed by atoms with Crippen LogP contribution in [0, 0.1) is 0 Å². The molecule has 0 radical (unpaired) electrons. The van der Waals surface area contributed by atoms with Gasteiger partial charge in [-0.2, -0.15) is 0 Å². The van der Waals surface area contributed by atoms with Crippen molar-refractivity contribution in [3.05, 3.63) is 0 Å². The third kappa shape index (κ3) is 2.63. The molecule has 2 aliphatic carbocycles. The predicted octanol–water partition coefficient (Wildman–Crippen LogP) is 4.21. The van der Waals surface area contributed by atoms with Gasteiger partial charge in [-0.15, -0.1) is 0 Å². The van der Waals surface area contributed by atoms with Gasteiger partial charge < -0.3 is 4.57 Å². The van der Waals surface area contributed by atoms with E-state index in [-0.39, 0.29) is 0 Å². The Morgan fingerprint density at radius 3 is 1.36 bits per heavy atom. The minimum atomic E-state index is -1.24. The van der Waals surface area contributed by atoms with E-state index in [4.69, 9.17) is 0 Å². The van der Waals surface area contributed by atoms with Crippen LogP contribution >= 0.6 is 7.80 Å². The van der Waals surface area contributed by atoms with E-state index in [2.05, 4.69) is 0 Å². The fourth-order valence-corrected chi connectivity index (χ4v) is 5.73. The molecule has 0 amide bonds. The maximum Gasteiger partial charge on any atom is 0.0820 e. The zero-order chi connectivity index (χ0) is 9.80. The van der Waals surface area contributed by atoms with Crippen LogP contribution in [0.2, 0.25) is 0 Å². The Labute approximate surface area is 88.4 Å². The highest BCUT2D eigenvalue weighted by molar-refractivity contribution is 7.46. The molecular weight excluding hydrogens is 191 g/mol. The van der Waals surface area contributed by atoms with Gasteiger partial charge in [0.15, 0.2) is 0 Å². The zero-order valence-corrected chi connectivity index (χ0v) is 10.1. The molecule has 0 aliphatic heterocycles. The monoisotopic (exact) mass is 214 g/mol. The highest BCUT2D eigenvalue weighted by atomic mass is 31.1. The van der Waals surface area contributed by atoms with Gasteiger partial charge in [0, 0.05) is 11.3 Å². The second-order valence-corrected chi connectivity index (χ2v) is 7.51. The molecule has 0 aromatic heterocycles. The quantitative estimate of drug-likeness (QED) is 0.629. The summed E-state index contributed by atoms with van der Waals surface area (Å²) in [6, 6.07) is 0. The molecule has 0 aromatic carbocycles. The van der Waals surface area contributed by atoms with Crippen molar-refractivity contribution < 1.29 is 4.57 Å². The first-order valence-corrected chi connectivity index (χ1v) is 7.98. The van der Waals surface area contributed by atoms with Crippen LogP contribution in [0.4, 0.5) is 0 Å². The van der Waals surface area contributed by atoms with E-state index in [0.717, 1.165) is 0 Å². The van der Waals surface area contributed by atoms with Crippen LogP contribution in [0.5, 0.6) is 0 Å². The van der Waals surface area contributed by atoms with Gasteiger partial charge in [-0.25, -0.2) is 0 Å². The first-order valence-electron chi connectivity index (χ1n) is 6.41. The van der Waals surface area contributed by atoms with Crippen molar-refractivity contribution in [3.63, 3.8) is 0 Å². The zero-order valence-electron chi connectivity index (χ0n) is 9.13. The van der Waals surface area contributed by atoms with Crippen molar-refractivity contribution in [1.29, 1.82) is 0 Å². The summed E-state index contributed by atoms with van der Waals surface area (Å²) in [6.45, 7) is 0. The van der Waals surface area contributed by atoms with Gasteiger partial charge >= 0.3 is 0 Å². The Hall–Kier alpha value is 0.230. The molecule has 1 nitrogen and oxygen atoms in total. The highest BCUT2D eigenvalue weighted by Gasteiger charge is 2.27. The Balaban J connectivity index is 1.85. The van der Waals surface area contributed by atoms with E-state index in [1.165, 1.54) is 64.2 Å². The van der Waals surface area contributed by atoms with E-state index in [9.17, 15) is 4.57 Å². The van der Waals surface area contributed by atoms with Crippen LogP contribution in [-0.4, -0.2) is 11.3 Å². The summed E-state index contributed by atoms with van der Waals surface area (Å²) in [5.74, 6) is 0. The molecule has 0 N–H and O–H groups in total. The maximum absolute atomic E-state index is 12.3. The van der Waals surface area contributed by atoms with Gasteiger partial charge in [-0.1, -0.05) is 38.5 Å². The summed E-state index contributed by atoms with van der Waals surface area (Å²) in [5.41, 5.74) is 1.27. The van der Waals surface area contributed by atoms with Gasteiger partial charge in [-0.05, 0) is 25.7 Å². The van der Waals surface area contributed by atoms with Crippen molar-refractivity contribution in [1.82, 2.24) is 0 Å². The third-order valence-electron chi connectivity index (χ3n) is 4.02. The van der Waals surface area contributed by atoms with E-state index in [1.807, 2.05) is 0 Å². The van der Waals surface area contributed by atoms with Crippen LogP contribution < -0.4 is 0 Å². The van der Waals surface area contributed by atoms with Crippen molar-refractivity contribution in [3.8, 4) is 0 Å². The number of hydrogen-bond acceptors (Lipinski definition) is 1. The molecule has 0 spiro atoms. The summed E-state index contributed by atoms with van der Waals surface area (Å²) < 4.78 is 12.3. The molecule has 2 rings (SSSR count). The van der Waals surface area contributed by atoms with Crippen molar-refractivity contribution >= 4 is 7.80 Å². The summed E-state index contributed by atoms with van der Waals surface area (Å²) in [6.07, 6.45) is 13.2. The summed E-state index contributed by atoms with van der Waals surface area (Å²) in [7, 11) is -1.24. The number of rotatable bonds is 2. The molecule has 2 fully saturated rings. The van der Waals surface area contributed by atoms with E-state index >= 15 is 0 Å². The van der Waals surface area contributed by atoms with Gasteiger partial charge in [0.25, 0.3) is 0 Å². The molecule has 0 heterocycles. The van der Waals surface area contributed by atoms with Gasteiger partial charge in [0.05, 0.1) is 7.80 Å². The van der Waals surface area contributed by atoms with Crippen LogP contribution in [0.15, 0.2) is 0 Å². The first-order chi connectivity index (χ1) is 6.88. The summed E-state index contributed by atoms with van der Waals surface area (Å²) >= 11 is 0. The van der Waals surface area contributed by atoms with Crippen LogP contribution in [0.25, 0.3) is 0 Å². The van der Waals surface area contributed by atoms with Crippen LogP contribution in [0.3, 0.4) is 0 Å². The Kier molecular flexibility index (Phi) is 4.10. The fraction of sp³-hybridized carbons (Fsp3) is 1.00. The normalized spacial score (nSPS) is 26.9. The van der Waals surface area contributed by atoms with Crippen molar-refractivity contribution in [2.45, 2.75) is 75.5 Å². The topological polar surface area (TPSA) is 17.1 Å². The molecule has 82 valence electrons. The van der Waals surface area contributed by atoms with Gasteiger partial charge in [0.1, 0.15) is 0 Å². The van der Waals surface area contributed by atoms with Gasteiger partial charge in [-0.3, -0.25) is 0 Å². The molecular formula is C12H23OP. The fourth-order valence-electron chi connectivity index (χ4n) is 3.11. The SMILES string of the molecule is O=[PH](C1CCCCC1)C1CCCCC1. The average Bonchev–Trinajstić information content (AvgIpc) is 2.30. The average molecular weight is 214 g/mol. The van der Waals surface area contributed by atoms with Gasteiger partial charge in [0.2, 0.25) is 0 Å². The lowest BCUT2D eigenvalue weighted by Crippen LogP contribution is -2.16.